The maximum atomic E-state index is 13.2. The Bertz CT molecular complexity index is 576. The molecular weight excluding hydrogens is 341 g/mol. The highest BCUT2D eigenvalue weighted by Gasteiger charge is 2.32. The highest BCUT2D eigenvalue weighted by Crippen LogP contribution is 2.44. The second kappa shape index (κ2) is 9.95. The predicted octanol–water partition coefficient (Wildman–Crippen LogP) is 4.21. The third kappa shape index (κ3) is 8.04. The van der Waals surface area contributed by atoms with Crippen molar-refractivity contribution in [1.29, 1.82) is 0 Å². The van der Waals surface area contributed by atoms with E-state index in [4.69, 9.17) is 14.0 Å². The zero-order valence-corrected chi connectivity index (χ0v) is 16.8. The van der Waals surface area contributed by atoms with Crippen molar-refractivity contribution in [1.82, 2.24) is 5.09 Å². The molecule has 0 saturated heterocycles. The van der Waals surface area contributed by atoms with Gasteiger partial charge in [0.25, 0.3) is 0 Å². The number of benzene rings is 1. The van der Waals surface area contributed by atoms with Crippen LogP contribution in [0.5, 0.6) is 5.75 Å². The van der Waals surface area contributed by atoms with E-state index in [1.54, 1.807) is 45.0 Å². The van der Waals surface area contributed by atoms with Crippen LogP contribution in [0.3, 0.4) is 0 Å². The quantitative estimate of drug-likeness (QED) is 0.491. The van der Waals surface area contributed by atoms with Gasteiger partial charge in [-0.05, 0) is 45.7 Å². The molecule has 3 atom stereocenters. The molecule has 25 heavy (non-hydrogen) atoms. The van der Waals surface area contributed by atoms with Gasteiger partial charge in [-0.1, -0.05) is 32.0 Å². The monoisotopic (exact) mass is 371 g/mol. The number of hydrogen-bond acceptors (Lipinski definition) is 5. The fourth-order valence-electron chi connectivity index (χ4n) is 1.83. The minimum atomic E-state index is -3.46. The highest BCUT2D eigenvalue weighted by molar-refractivity contribution is 7.57. The van der Waals surface area contributed by atoms with Crippen LogP contribution in [0.25, 0.3) is 0 Å². The fraction of sp³-hybridized carbons (Fsp3) is 0.611. The van der Waals surface area contributed by atoms with E-state index in [9.17, 15) is 9.36 Å². The molecule has 0 fully saturated rings. The normalized spacial score (nSPS) is 16.3. The fourth-order valence-corrected chi connectivity index (χ4v) is 3.60. The Hall–Kier alpha value is -1.36. The lowest BCUT2D eigenvalue weighted by molar-refractivity contribution is -0.149. The minimum Gasteiger partial charge on any atom is -0.462 e. The summed E-state index contributed by atoms with van der Waals surface area (Å²) in [6, 6.07) is 8.04. The molecule has 3 unspecified atom stereocenters. The molecule has 6 nitrogen and oxygen atoms in total. The Morgan fingerprint density at radius 1 is 1.08 bits per heavy atom. The molecule has 0 aliphatic rings. The van der Waals surface area contributed by atoms with Gasteiger partial charge in [-0.2, -0.15) is 0 Å². The molecule has 7 heteroatoms. The lowest BCUT2D eigenvalue weighted by Crippen LogP contribution is -2.37. The van der Waals surface area contributed by atoms with Gasteiger partial charge < -0.3 is 14.0 Å². The van der Waals surface area contributed by atoms with Crippen LogP contribution < -0.4 is 9.61 Å². The number of ether oxygens (including phenoxy) is 2. The lowest BCUT2D eigenvalue weighted by atomic mass is 10.1. The summed E-state index contributed by atoms with van der Waals surface area (Å²) in [5.74, 6) is 0.237. The number of para-hydroxylation sites is 1. The van der Waals surface area contributed by atoms with Crippen LogP contribution in [0.2, 0.25) is 0 Å². The van der Waals surface area contributed by atoms with Crippen LogP contribution in [0, 0.1) is 5.92 Å². The molecule has 142 valence electrons. The van der Waals surface area contributed by atoms with Crippen molar-refractivity contribution >= 4 is 13.5 Å². The zero-order chi connectivity index (χ0) is 19.0. The first kappa shape index (κ1) is 21.7. The van der Waals surface area contributed by atoms with E-state index in [2.05, 4.69) is 5.09 Å². The summed E-state index contributed by atoms with van der Waals surface area (Å²) in [6.07, 6.45) is -0.476. The van der Waals surface area contributed by atoms with E-state index in [1.807, 2.05) is 26.8 Å². The average Bonchev–Trinajstić information content (AvgIpc) is 2.52. The third-order valence-electron chi connectivity index (χ3n) is 3.54. The van der Waals surface area contributed by atoms with Gasteiger partial charge in [0.2, 0.25) is 0 Å². The Kier molecular flexibility index (Phi) is 8.63. The number of carbonyl (C=O) groups excluding carboxylic acids is 1. The number of hydrogen-bond donors (Lipinski definition) is 1. The van der Waals surface area contributed by atoms with Gasteiger partial charge in [0.1, 0.15) is 18.1 Å². The molecule has 1 rings (SSSR count). The van der Waals surface area contributed by atoms with Gasteiger partial charge in [0.05, 0.1) is 12.2 Å². The predicted molar refractivity (Wildman–Crippen MR) is 98.8 cm³/mol. The van der Waals surface area contributed by atoms with Crippen LogP contribution in [0.4, 0.5) is 0 Å². The van der Waals surface area contributed by atoms with Crippen LogP contribution in [-0.2, 0) is 18.8 Å². The van der Waals surface area contributed by atoms with Gasteiger partial charge >= 0.3 is 13.5 Å². The molecule has 0 amide bonds. The van der Waals surface area contributed by atoms with Gasteiger partial charge in [0.15, 0.2) is 0 Å². The molecule has 1 aromatic carbocycles. The molecule has 0 aliphatic heterocycles. The summed E-state index contributed by atoms with van der Waals surface area (Å²) < 4.78 is 29.8. The van der Waals surface area contributed by atoms with Gasteiger partial charge in [0, 0.05) is 0 Å². The lowest BCUT2D eigenvalue weighted by Gasteiger charge is -2.26. The van der Waals surface area contributed by atoms with Crippen LogP contribution in [-0.4, -0.2) is 30.6 Å². The maximum Gasteiger partial charge on any atom is 0.342 e. The van der Waals surface area contributed by atoms with Crippen LogP contribution in [0.1, 0.15) is 41.5 Å². The molecule has 0 spiro atoms. The van der Waals surface area contributed by atoms with E-state index in [1.165, 1.54) is 0 Å². The standard InChI is InChI=1S/C18H30NO5P/c1-13(2)16(6)22-12-25(21,24-17-10-8-7-9-11-17)19-15(5)18(20)23-14(3)4/h7-11,13-16H,12H2,1-6H3,(H,19,21). The summed E-state index contributed by atoms with van der Waals surface area (Å²) in [7, 11) is -3.46. The molecule has 0 aromatic heterocycles. The molecule has 1 aromatic rings. The number of nitrogens with one attached hydrogen (secondary N) is 1. The van der Waals surface area contributed by atoms with Crippen LogP contribution >= 0.6 is 7.52 Å². The molecule has 0 aliphatic carbocycles. The van der Waals surface area contributed by atoms with Crippen LogP contribution in [0.15, 0.2) is 30.3 Å². The summed E-state index contributed by atoms with van der Waals surface area (Å²) in [5, 5.41) is 2.78. The Balaban J connectivity index is 2.86. The maximum absolute atomic E-state index is 13.2. The van der Waals surface area contributed by atoms with Crippen molar-refractivity contribution in [3.05, 3.63) is 30.3 Å². The number of rotatable bonds is 10. The smallest absolute Gasteiger partial charge is 0.342 e. The van der Waals surface area contributed by atoms with Crippen molar-refractivity contribution in [3.8, 4) is 5.75 Å². The van der Waals surface area contributed by atoms with Gasteiger partial charge in [-0.15, -0.1) is 0 Å². The van der Waals surface area contributed by atoms with Gasteiger partial charge in [-0.25, -0.2) is 5.09 Å². The second-order valence-corrected chi connectivity index (χ2v) is 8.70. The van der Waals surface area contributed by atoms with Crippen molar-refractivity contribution in [2.45, 2.75) is 59.8 Å². The number of esters is 1. The Labute approximate surface area is 150 Å². The van der Waals surface area contributed by atoms with Crippen molar-refractivity contribution in [3.63, 3.8) is 0 Å². The summed E-state index contributed by atoms with van der Waals surface area (Å²) in [4.78, 5) is 12.0. The first-order valence-corrected chi connectivity index (χ1v) is 10.4. The number of carbonyl (C=O) groups is 1. The summed E-state index contributed by atoms with van der Waals surface area (Å²) in [6.45, 7) is 11.1. The first-order chi connectivity index (χ1) is 11.6. The van der Waals surface area contributed by atoms with Crippen molar-refractivity contribution in [2.75, 3.05) is 6.35 Å². The van der Waals surface area contributed by atoms with E-state index in [0.29, 0.717) is 5.75 Å². The zero-order valence-electron chi connectivity index (χ0n) is 15.9. The molecule has 1 N–H and O–H groups in total. The highest BCUT2D eigenvalue weighted by atomic mass is 31.2. The topological polar surface area (TPSA) is 73.9 Å². The van der Waals surface area contributed by atoms with E-state index in [-0.39, 0.29) is 24.5 Å². The Morgan fingerprint density at radius 3 is 2.20 bits per heavy atom. The molecule has 0 heterocycles. The van der Waals surface area contributed by atoms with Crippen molar-refractivity contribution in [2.24, 2.45) is 5.92 Å². The molecule has 0 radical (unpaired) electrons. The van der Waals surface area contributed by atoms with E-state index in [0.717, 1.165) is 0 Å². The average molecular weight is 371 g/mol. The first-order valence-electron chi connectivity index (χ1n) is 8.56. The molecule has 0 saturated carbocycles. The third-order valence-corrected chi connectivity index (χ3v) is 5.31. The second-order valence-electron chi connectivity index (χ2n) is 6.66. The molecular formula is C18H30NO5P. The summed E-state index contributed by atoms with van der Waals surface area (Å²) in [5.41, 5.74) is 0. The van der Waals surface area contributed by atoms with Gasteiger partial charge in [-0.3, -0.25) is 9.36 Å². The minimum absolute atomic E-state index is 0.0904. The Morgan fingerprint density at radius 2 is 1.68 bits per heavy atom. The van der Waals surface area contributed by atoms with E-state index < -0.39 is 19.5 Å². The summed E-state index contributed by atoms with van der Waals surface area (Å²) >= 11 is 0. The SMILES string of the molecule is CC(C)OC(=O)C(C)NP(=O)(COC(C)C(C)C)Oc1ccccc1. The molecule has 0 bridgehead atoms. The van der Waals surface area contributed by atoms with E-state index >= 15 is 0 Å². The van der Waals surface area contributed by atoms with Crippen molar-refractivity contribution < 1.29 is 23.4 Å². The largest absolute Gasteiger partial charge is 0.462 e.